The molecule has 1 aliphatic carbocycles. The van der Waals surface area contributed by atoms with E-state index in [1.807, 2.05) is 0 Å². The predicted octanol–water partition coefficient (Wildman–Crippen LogP) is 1.76. The van der Waals surface area contributed by atoms with Gasteiger partial charge in [0.05, 0.1) is 10.8 Å². The number of nitrogens with zero attached hydrogens (tertiary/aromatic N) is 1. The van der Waals surface area contributed by atoms with Crippen LogP contribution in [0.5, 0.6) is 0 Å². The van der Waals surface area contributed by atoms with E-state index in [0.717, 1.165) is 24.8 Å². The van der Waals surface area contributed by atoms with Crippen molar-refractivity contribution >= 4 is 24.0 Å². The van der Waals surface area contributed by atoms with Gasteiger partial charge in [0.2, 0.25) is 5.91 Å². The van der Waals surface area contributed by atoms with Gasteiger partial charge in [0.1, 0.15) is 0 Å². The van der Waals surface area contributed by atoms with Gasteiger partial charge in [-0.05, 0) is 18.4 Å². The highest BCUT2D eigenvalue weighted by molar-refractivity contribution is 5.85. The molecule has 0 aliphatic heterocycles. The molecule has 0 aromatic heterocycles. The smallest absolute Gasteiger partial charge is 0.269 e. The Morgan fingerprint density at radius 1 is 1.35 bits per heavy atom. The van der Waals surface area contributed by atoms with Crippen LogP contribution in [0.2, 0.25) is 0 Å². The number of nitrogens with one attached hydrogen (secondary N) is 1. The summed E-state index contributed by atoms with van der Waals surface area (Å²) in [6.45, 7) is 0.375. The Kier molecular flexibility index (Phi) is 5.91. The monoisotopic (exact) mass is 299 g/mol. The number of hydrogen-bond acceptors (Lipinski definition) is 4. The van der Waals surface area contributed by atoms with Crippen molar-refractivity contribution in [2.24, 2.45) is 11.7 Å². The van der Waals surface area contributed by atoms with Crippen molar-refractivity contribution in [1.82, 2.24) is 5.32 Å². The lowest BCUT2D eigenvalue weighted by atomic mass is 10.0. The quantitative estimate of drug-likeness (QED) is 0.653. The number of halogens is 1. The minimum atomic E-state index is -0.445. The Morgan fingerprint density at radius 3 is 2.50 bits per heavy atom. The lowest BCUT2D eigenvalue weighted by Gasteiger charge is -2.15. The van der Waals surface area contributed by atoms with Crippen LogP contribution in [-0.4, -0.2) is 16.9 Å². The zero-order valence-corrected chi connectivity index (χ0v) is 11.8. The maximum absolute atomic E-state index is 11.9. The summed E-state index contributed by atoms with van der Waals surface area (Å²) in [6.07, 6.45) is 2.74. The molecule has 110 valence electrons. The summed E-state index contributed by atoms with van der Waals surface area (Å²) in [5.74, 6) is -0.124. The van der Waals surface area contributed by atoms with E-state index >= 15 is 0 Å². The van der Waals surface area contributed by atoms with Crippen molar-refractivity contribution in [3.63, 3.8) is 0 Å². The van der Waals surface area contributed by atoms with Gasteiger partial charge in [0.15, 0.2) is 0 Å². The van der Waals surface area contributed by atoms with Crippen LogP contribution in [0.15, 0.2) is 24.3 Å². The fourth-order valence-corrected chi connectivity index (χ4v) is 2.37. The second-order valence-electron chi connectivity index (χ2n) is 4.84. The maximum Gasteiger partial charge on any atom is 0.269 e. The Labute approximate surface area is 123 Å². The molecule has 0 heterocycles. The average Bonchev–Trinajstić information content (AvgIpc) is 2.83. The van der Waals surface area contributed by atoms with Crippen LogP contribution in [-0.2, 0) is 11.3 Å². The van der Waals surface area contributed by atoms with Gasteiger partial charge in [0.25, 0.3) is 5.69 Å². The third kappa shape index (κ3) is 3.91. The molecule has 0 spiro atoms. The first kappa shape index (κ1) is 16.4. The topological polar surface area (TPSA) is 98.3 Å². The van der Waals surface area contributed by atoms with Crippen LogP contribution in [0.4, 0.5) is 5.69 Å². The summed E-state index contributed by atoms with van der Waals surface area (Å²) in [5.41, 5.74) is 6.75. The fourth-order valence-electron chi connectivity index (χ4n) is 2.37. The number of benzene rings is 1. The molecule has 0 bridgehead atoms. The van der Waals surface area contributed by atoms with E-state index in [1.54, 1.807) is 12.1 Å². The van der Waals surface area contributed by atoms with Crippen LogP contribution in [0.3, 0.4) is 0 Å². The van der Waals surface area contributed by atoms with Gasteiger partial charge in [-0.1, -0.05) is 18.6 Å². The molecule has 0 radical (unpaired) electrons. The second kappa shape index (κ2) is 7.21. The van der Waals surface area contributed by atoms with Crippen LogP contribution < -0.4 is 11.1 Å². The molecule has 2 rings (SSSR count). The van der Waals surface area contributed by atoms with E-state index in [0.29, 0.717) is 6.54 Å². The summed E-state index contributed by atoms with van der Waals surface area (Å²) in [4.78, 5) is 22.0. The number of carbonyl (C=O) groups excluding carboxylic acids is 1. The van der Waals surface area contributed by atoms with Crippen molar-refractivity contribution in [3.05, 3.63) is 39.9 Å². The van der Waals surface area contributed by atoms with Gasteiger partial charge in [0, 0.05) is 24.7 Å². The molecule has 1 saturated carbocycles. The van der Waals surface area contributed by atoms with Crippen molar-refractivity contribution in [2.45, 2.75) is 31.8 Å². The van der Waals surface area contributed by atoms with Gasteiger partial charge in [-0.3, -0.25) is 14.9 Å². The first-order valence-corrected chi connectivity index (χ1v) is 6.34. The average molecular weight is 300 g/mol. The van der Waals surface area contributed by atoms with Gasteiger partial charge >= 0.3 is 0 Å². The number of rotatable bonds is 4. The zero-order chi connectivity index (χ0) is 13.8. The molecular formula is C13H18ClN3O3. The number of nitro groups is 1. The van der Waals surface area contributed by atoms with Crippen molar-refractivity contribution < 1.29 is 9.72 Å². The molecule has 6 nitrogen and oxygen atoms in total. The summed E-state index contributed by atoms with van der Waals surface area (Å²) in [7, 11) is 0. The van der Waals surface area contributed by atoms with E-state index in [9.17, 15) is 14.9 Å². The zero-order valence-electron chi connectivity index (χ0n) is 11.0. The Bertz CT molecular complexity index is 478. The highest BCUT2D eigenvalue weighted by atomic mass is 35.5. The molecule has 2 unspecified atom stereocenters. The van der Waals surface area contributed by atoms with E-state index < -0.39 is 4.92 Å². The van der Waals surface area contributed by atoms with E-state index in [2.05, 4.69) is 5.32 Å². The predicted molar refractivity (Wildman–Crippen MR) is 77.5 cm³/mol. The molecule has 1 aromatic rings. The molecule has 20 heavy (non-hydrogen) atoms. The molecule has 1 fully saturated rings. The summed E-state index contributed by atoms with van der Waals surface area (Å²) in [5, 5.41) is 13.3. The summed E-state index contributed by atoms with van der Waals surface area (Å²) < 4.78 is 0. The number of nitro benzene ring substituents is 1. The Hall–Kier alpha value is -1.66. The standard InChI is InChI=1S/C13H17N3O3.ClH/c14-12-3-1-2-11(12)13(17)15-8-9-4-6-10(7-5-9)16(18)19;/h4-7,11-12H,1-3,8,14H2,(H,15,17);1H. The highest BCUT2D eigenvalue weighted by Gasteiger charge is 2.29. The maximum atomic E-state index is 11.9. The van der Waals surface area contributed by atoms with Crippen molar-refractivity contribution in [2.75, 3.05) is 0 Å². The lowest BCUT2D eigenvalue weighted by Crippen LogP contribution is -2.38. The molecule has 1 aliphatic rings. The number of amides is 1. The molecule has 2 atom stereocenters. The van der Waals surface area contributed by atoms with Gasteiger partial charge in [-0.25, -0.2) is 0 Å². The largest absolute Gasteiger partial charge is 0.352 e. The molecule has 0 saturated heterocycles. The lowest BCUT2D eigenvalue weighted by molar-refractivity contribution is -0.384. The minimum absolute atomic E-state index is 0. The van der Waals surface area contributed by atoms with Crippen molar-refractivity contribution in [1.29, 1.82) is 0 Å². The van der Waals surface area contributed by atoms with Crippen LogP contribution in [0, 0.1) is 16.0 Å². The minimum Gasteiger partial charge on any atom is -0.352 e. The third-order valence-electron chi connectivity index (χ3n) is 3.52. The van der Waals surface area contributed by atoms with Crippen LogP contribution >= 0.6 is 12.4 Å². The number of hydrogen-bond donors (Lipinski definition) is 2. The normalized spacial score (nSPS) is 21.1. The second-order valence-corrected chi connectivity index (χ2v) is 4.84. The van der Waals surface area contributed by atoms with E-state index in [-0.39, 0.29) is 36.0 Å². The summed E-state index contributed by atoms with van der Waals surface area (Å²) in [6, 6.07) is 6.11. The van der Waals surface area contributed by atoms with E-state index in [1.165, 1.54) is 12.1 Å². The third-order valence-corrected chi connectivity index (χ3v) is 3.52. The van der Waals surface area contributed by atoms with Gasteiger partial charge < -0.3 is 11.1 Å². The number of non-ortho nitro benzene ring substituents is 1. The molecular weight excluding hydrogens is 282 g/mol. The molecule has 7 heteroatoms. The highest BCUT2D eigenvalue weighted by Crippen LogP contribution is 2.24. The number of nitrogens with two attached hydrogens (primary N) is 1. The van der Waals surface area contributed by atoms with Crippen LogP contribution in [0.25, 0.3) is 0 Å². The Morgan fingerprint density at radius 2 is 2.00 bits per heavy atom. The van der Waals surface area contributed by atoms with Gasteiger partial charge in [-0.2, -0.15) is 0 Å². The first-order chi connectivity index (χ1) is 9.08. The fraction of sp³-hybridized carbons (Fsp3) is 0.462. The molecule has 1 amide bonds. The molecule has 1 aromatic carbocycles. The SMILES string of the molecule is Cl.NC1CCCC1C(=O)NCc1ccc([N+](=O)[O-])cc1. The Balaban J connectivity index is 0.00000200. The van der Waals surface area contributed by atoms with E-state index in [4.69, 9.17) is 5.73 Å². The van der Waals surface area contributed by atoms with Crippen molar-refractivity contribution in [3.8, 4) is 0 Å². The summed E-state index contributed by atoms with van der Waals surface area (Å²) >= 11 is 0. The first-order valence-electron chi connectivity index (χ1n) is 6.34. The van der Waals surface area contributed by atoms with Crippen LogP contribution in [0.1, 0.15) is 24.8 Å². The van der Waals surface area contributed by atoms with Gasteiger partial charge in [-0.15, -0.1) is 12.4 Å². The number of carbonyl (C=O) groups is 1. The molecule has 3 N–H and O–H groups in total.